The van der Waals surface area contributed by atoms with Crippen molar-refractivity contribution in [2.45, 2.75) is 64.4 Å². The molecule has 1 N–H and O–H groups in total. The summed E-state index contributed by atoms with van der Waals surface area (Å²) in [5.41, 5.74) is 5.40. The monoisotopic (exact) mass is 530 g/mol. The van der Waals surface area contributed by atoms with Gasteiger partial charge >= 0.3 is 0 Å². The summed E-state index contributed by atoms with van der Waals surface area (Å²) in [7, 11) is -0.871. The van der Waals surface area contributed by atoms with E-state index in [1.165, 1.54) is 19.3 Å². The first kappa shape index (κ1) is 27.5. The summed E-state index contributed by atoms with van der Waals surface area (Å²) in [4.78, 5) is 2.40. The molecule has 0 spiro atoms. The number of β-amino-alcohol motifs (C(OH)–C–C–N with tert-alkyl or cyclic N) is 1. The second kappa shape index (κ2) is 11.1. The summed E-state index contributed by atoms with van der Waals surface area (Å²) in [5, 5.41) is 13.3. The van der Waals surface area contributed by atoms with Gasteiger partial charge in [0.1, 0.15) is 0 Å². The molecule has 0 radical (unpaired) electrons. The van der Waals surface area contributed by atoms with Crippen LogP contribution < -0.4 is 0 Å². The van der Waals surface area contributed by atoms with E-state index in [1.807, 2.05) is 24.3 Å². The lowest BCUT2D eigenvalue weighted by molar-refractivity contribution is 0.102. The number of likely N-dealkylation sites (tertiary alicyclic amines) is 1. The van der Waals surface area contributed by atoms with Crippen LogP contribution >= 0.6 is 21.6 Å². The molecule has 0 bridgehead atoms. The maximum absolute atomic E-state index is 11.4. The number of aromatic nitrogens is 1. The summed E-state index contributed by atoms with van der Waals surface area (Å²) in [5.74, 6) is 0.783. The molecule has 2 heterocycles. The van der Waals surface area contributed by atoms with Crippen molar-refractivity contribution in [3.05, 3.63) is 64.3 Å². The molecule has 0 aliphatic carbocycles. The molecule has 4 rings (SSSR count). The maximum atomic E-state index is 11.4. The molecule has 3 aromatic rings. The number of benzene rings is 2. The molecule has 0 amide bonds. The number of halogens is 1. The van der Waals surface area contributed by atoms with Crippen molar-refractivity contribution in [3.8, 4) is 5.69 Å². The zero-order valence-corrected chi connectivity index (χ0v) is 24.4. The minimum atomic E-state index is -0.871. The van der Waals surface area contributed by atoms with Gasteiger partial charge in [-0.1, -0.05) is 50.9 Å². The number of hydrogen-bond donors (Lipinski definition) is 1. The Kier molecular flexibility index (Phi) is 8.48. The highest BCUT2D eigenvalue weighted by molar-refractivity contribution is 8.33. The van der Waals surface area contributed by atoms with Gasteiger partial charge < -0.3 is 19.3 Å². The van der Waals surface area contributed by atoms with Crippen LogP contribution in [0.25, 0.3) is 16.6 Å². The first-order valence-corrected chi connectivity index (χ1v) is 16.1. The standard InChI is InChI=1S/C30H43ClN2O2S/c1-22-29(28(34)19-32-16-8-7-9-17-32)26-15-10-23(20-35-21-36(5,6)30(2,3)4)18-27(26)33(22)25-13-11-24(31)12-14-25/h10-15,18,28,34H,7-9,16-17,19-21H2,1-6H3. The van der Waals surface area contributed by atoms with Crippen LogP contribution in [0.2, 0.25) is 5.02 Å². The van der Waals surface area contributed by atoms with Gasteiger partial charge in [-0.3, -0.25) is 0 Å². The number of rotatable bonds is 8. The Morgan fingerprint density at radius 1 is 1.03 bits per heavy atom. The van der Waals surface area contributed by atoms with Gasteiger partial charge in [0.15, 0.2) is 0 Å². The van der Waals surface area contributed by atoms with Crippen LogP contribution in [0, 0.1) is 6.92 Å². The lowest BCUT2D eigenvalue weighted by Crippen LogP contribution is -2.33. The fourth-order valence-electron chi connectivity index (χ4n) is 4.94. The number of aliphatic hydroxyl groups is 1. The predicted molar refractivity (Wildman–Crippen MR) is 157 cm³/mol. The van der Waals surface area contributed by atoms with E-state index in [0.717, 1.165) is 57.5 Å². The maximum Gasteiger partial charge on any atom is 0.0940 e. The Balaban J connectivity index is 1.68. The fourth-order valence-corrected chi connectivity index (χ4v) is 5.92. The summed E-state index contributed by atoms with van der Waals surface area (Å²) >= 11 is 6.20. The highest BCUT2D eigenvalue weighted by Crippen LogP contribution is 2.52. The molecule has 1 saturated heterocycles. The number of aliphatic hydroxyl groups excluding tert-OH is 1. The molecule has 1 aliphatic heterocycles. The van der Waals surface area contributed by atoms with Gasteiger partial charge in [-0.2, -0.15) is 0 Å². The molecule has 1 atom stereocenters. The first-order chi connectivity index (χ1) is 17.0. The van der Waals surface area contributed by atoms with E-state index in [2.05, 4.69) is 67.9 Å². The lowest BCUT2D eigenvalue weighted by Gasteiger charge is -2.44. The van der Waals surface area contributed by atoms with Crippen molar-refractivity contribution in [2.24, 2.45) is 0 Å². The number of hydrogen-bond acceptors (Lipinski definition) is 3. The van der Waals surface area contributed by atoms with Crippen LogP contribution in [0.4, 0.5) is 0 Å². The van der Waals surface area contributed by atoms with Crippen molar-refractivity contribution in [1.82, 2.24) is 9.47 Å². The summed E-state index contributed by atoms with van der Waals surface area (Å²) in [6.07, 6.45) is 7.89. The third-order valence-corrected chi connectivity index (χ3v) is 12.2. The van der Waals surface area contributed by atoms with Crippen LogP contribution in [-0.4, -0.2) is 57.4 Å². The Hall–Kier alpha value is -1.50. The third-order valence-electron chi connectivity index (χ3n) is 7.92. The predicted octanol–water partition coefficient (Wildman–Crippen LogP) is 7.45. The van der Waals surface area contributed by atoms with E-state index < -0.39 is 16.1 Å². The molecule has 1 fully saturated rings. The fraction of sp³-hybridized carbons (Fsp3) is 0.533. The third kappa shape index (κ3) is 5.97. The molecule has 36 heavy (non-hydrogen) atoms. The smallest absolute Gasteiger partial charge is 0.0940 e. The van der Waals surface area contributed by atoms with Gasteiger partial charge in [-0.05, 0) is 86.0 Å². The zero-order chi connectivity index (χ0) is 26.1. The zero-order valence-electron chi connectivity index (χ0n) is 22.8. The molecule has 1 aromatic heterocycles. The SMILES string of the molecule is Cc1c(C(O)CN2CCCCC2)c2ccc(COCS(C)(C)C(C)(C)C)cc2n1-c1ccc(Cl)cc1. The van der Waals surface area contributed by atoms with Crippen molar-refractivity contribution >= 4 is 32.5 Å². The average molecular weight is 531 g/mol. The van der Waals surface area contributed by atoms with Crippen LogP contribution in [-0.2, 0) is 11.3 Å². The van der Waals surface area contributed by atoms with Crippen molar-refractivity contribution in [3.63, 3.8) is 0 Å². The molecule has 1 unspecified atom stereocenters. The van der Waals surface area contributed by atoms with Crippen LogP contribution in [0.1, 0.15) is 63.0 Å². The molecular formula is C30H43ClN2O2S. The van der Waals surface area contributed by atoms with E-state index in [9.17, 15) is 5.11 Å². The highest BCUT2D eigenvalue weighted by atomic mass is 35.5. The molecule has 0 saturated carbocycles. The van der Waals surface area contributed by atoms with Crippen molar-refractivity contribution in [1.29, 1.82) is 0 Å². The van der Waals surface area contributed by atoms with Crippen LogP contribution in [0.5, 0.6) is 0 Å². The van der Waals surface area contributed by atoms with E-state index >= 15 is 0 Å². The van der Waals surface area contributed by atoms with Gasteiger partial charge in [0, 0.05) is 33.9 Å². The average Bonchev–Trinajstić information content (AvgIpc) is 3.10. The lowest BCUT2D eigenvalue weighted by atomic mass is 10.0. The second-order valence-electron chi connectivity index (χ2n) is 11.7. The summed E-state index contributed by atoms with van der Waals surface area (Å²) < 4.78 is 8.77. The summed E-state index contributed by atoms with van der Waals surface area (Å²) in [6.45, 7) is 12.4. The minimum absolute atomic E-state index is 0.247. The van der Waals surface area contributed by atoms with Gasteiger partial charge in [0.2, 0.25) is 0 Å². The second-order valence-corrected chi connectivity index (χ2v) is 16.6. The van der Waals surface area contributed by atoms with E-state index in [4.69, 9.17) is 16.3 Å². The normalized spacial score (nSPS) is 17.0. The summed E-state index contributed by atoms with van der Waals surface area (Å²) in [6, 6.07) is 14.5. The first-order valence-electron chi connectivity index (χ1n) is 13.1. The molecule has 6 heteroatoms. The molecule has 1 aliphatic rings. The Morgan fingerprint density at radius 2 is 1.69 bits per heavy atom. The number of nitrogens with zero attached hydrogens (tertiary/aromatic N) is 2. The van der Waals surface area contributed by atoms with Gasteiger partial charge in [0.05, 0.1) is 24.2 Å². The molecular weight excluding hydrogens is 488 g/mol. The van der Waals surface area contributed by atoms with Crippen LogP contribution in [0.3, 0.4) is 0 Å². The Labute approximate surface area is 223 Å². The Bertz CT molecular complexity index is 1170. The Morgan fingerprint density at radius 3 is 2.33 bits per heavy atom. The van der Waals surface area contributed by atoms with Crippen LogP contribution in [0.15, 0.2) is 42.5 Å². The van der Waals surface area contributed by atoms with E-state index in [-0.39, 0.29) is 4.75 Å². The molecule has 2 aromatic carbocycles. The van der Waals surface area contributed by atoms with E-state index in [1.54, 1.807) is 0 Å². The number of piperidine rings is 1. The number of ether oxygens (including phenoxy) is 1. The molecule has 198 valence electrons. The van der Waals surface area contributed by atoms with Gasteiger partial charge in [-0.25, -0.2) is 10.0 Å². The largest absolute Gasteiger partial charge is 0.387 e. The number of fused-ring (bicyclic) bond motifs is 1. The van der Waals surface area contributed by atoms with Crippen molar-refractivity contribution < 1.29 is 9.84 Å². The van der Waals surface area contributed by atoms with E-state index in [0.29, 0.717) is 13.2 Å². The quantitative estimate of drug-likeness (QED) is 0.328. The minimum Gasteiger partial charge on any atom is -0.387 e. The highest BCUT2D eigenvalue weighted by Gasteiger charge is 2.28. The van der Waals surface area contributed by atoms with Gasteiger partial charge in [0.25, 0.3) is 0 Å². The topological polar surface area (TPSA) is 37.6 Å². The van der Waals surface area contributed by atoms with Crippen molar-refractivity contribution in [2.75, 3.05) is 38.1 Å². The van der Waals surface area contributed by atoms with Gasteiger partial charge in [-0.15, -0.1) is 0 Å². The molecule has 4 nitrogen and oxygen atoms in total.